The van der Waals surface area contributed by atoms with Gasteiger partial charge in [0.05, 0.1) is 13.6 Å². The minimum absolute atomic E-state index is 0.416. The Morgan fingerprint density at radius 3 is 2.17 bits per heavy atom. The average Bonchev–Trinajstić information content (AvgIpc) is 2.37. The number of nitrogens with zero attached hydrogens (tertiary/aromatic N) is 1. The molecule has 1 aliphatic rings. The predicted molar refractivity (Wildman–Crippen MR) is 76.1 cm³/mol. The minimum Gasteiger partial charge on any atom is -0.741 e. The molecule has 0 bridgehead atoms. The van der Waals surface area contributed by atoms with Crippen LogP contribution in [-0.4, -0.2) is 48.9 Å². The lowest BCUT2D eigenvalue weighted by Crippen LogP contribution is -2.50. The van der Waals surface area contributed by atoms with Gasteiger partial charge in [0.2, 0.25) is 0 Å². The van der Waals surface area contributed by atoms with Crippen LogP contribution in [0.2, 0.25) is 0 Å². The summed E-state index contributed by atoms with van der Waals surface area (Å²) in [5.74, 6) is 0.416. The first-order chi connectivity index (χ1) is 10.4. The molecule has 0 amide bonds. The van der Waals surface area contributed by atoms with E-state index < -0.39 is 15.6 Å². The fraction of sp³-hybridized carbons (Fsp3) is 0.500. The molecule has 9 heteroatoms. The van der Waals surface area contributed by atoms with Crippen LogP contribution in [0.1, 0.15) is 18.4 Å². The largest absolute Gasteiger partial charge is 0.741 e. The summed E-state index contributed by atoms with van der Waals surface area (Å²) in [5, 5.41) is 0. The summed E-state index contributed by atoms with van der Waals surface area (Å²) in [7, 11) is -3.91. The third kappa shape index (κ3) is 6.67. The summed E-state index contributed by atoms with van der Waals surface area (Å²) in [6.45, 7) is 2.81. The van der Waals surface area contributed by atoms with Gasteiger partial charge in [-0.15, -0.1) is 0 Å². The molecule has 1 saturated heterocycles. The number of ketones is 1. The Kier molecular flexibility index (Phi) is 6.32. The molecule has 2 rings (SSSR count). The summed E-state index contributed by atoms with van der Waals surface area (Å²) >= 11 is 0. The maximum absolute atomic E-state index is 11.5. The van der Waals surface area contributed by atoms with Crippen LogP contribution in [0.3, 0.4) is 0 Å². The highest BCUT2D eigenvalue weighted by Gasteiger charge is 2.37. The van der Waals surface area contributed by atoms with Crippen molar-refractivity contribution in [2.24, 2.45) is 0 Å². The fourth-order valence-corrected chi connectivity index (χ4v) is 2.40. The van der Waals surface area contributed by atoms with Gasteiger partial charge in [0.25, 0.3) is 0 Å². The predicted octanol–water partition coefficient (Wildman–Crippen LogP) is 2.05. The zero-order chi connectivity index (χ0) is 17.7. The van der Waals surface area contributed by atoms with Crippen LogP contribution in [-0.2, 0) is 21.5 Å². The molecule has 1 aromatic carbocycles. The molecule has 0 radical (unpaired) electrons. The zero-order valence-electron chi connectivity index (χ0n) is 12.5. The van der Waals surface area contributed by atoms with E-state index in [4.69, 9.17) is 13.0 Å². The van der Waals surface area contributed by atoms with Crippen molar-refractivity contribution in [3.05, 3.63) is 35.9 Å². The molecule has 130 valence electrons. The lowest BCUT2D eigenvalue weighted by Gasteiger charge is -2.36. The molecule has 0 aliphatic carbocycles. The maximum Gasteiger partial charge on any atom is 0.485 e. The third-order valence-corrected chi connectivity index (χ3v) is 3.97. The molecule has 0 N–H and O–H groups in total. The Morgan fingerprint density at radius 1 is 1.22 bits per heavy atom. The van der Waals surface area contributed by atoms with Crippen LogP contribution in [0.15, 0.2) is 30.3 Å². The second-order valence-corrected chi connectivity index (χ2v) is 7.06. The number of quaternary nitrogens is 1. The van der Waals surface area contributed by atoms with Crippen molar-refractivity contribution in [2.45, 2.75) is 24.9 Å². The molecule has 0 aromatic heterocycles. The number of carbonyl (C=O) groups is 1. The molecular formula is C14H18F3NO4S. The highest BCUT2D eigenvalue weighted by molar-refractivity contribution is 7.86. The molecular weight excluding hydrogens is 335 g/mol. The van der Waals surface area contributed by atoms with E-state index in [0.717, 1.165) is 30.4 Å². The van der Waals surface area contributed by atoms with E-state index in [9.17, 15) is 18.0 Å². The number of carbonyl (C=O) groups excluding carboxylic acids is 1. The maximum atomic E-state index is 11.5. The van der Waals surface area contributed by atoms with Crippen molar-refractivity contribution in [3.63, 3.8) is 0 Å². The third-order valence-electron chi connectivity index (χ3n) is 3.40. The van der Waals surface area contributed by atoms with Crippen LogP contribution < -0.4 is 0 Å². The number of Topliss-reactive ketones (excluding diaryl/α,β-unsaturated/α-hetero) is 1. The minimum atomic E-state index is -6.09. The molecule has 1 atom stereocenters. The van der Waals surface area contributed by atoms with Gasteiger partial charge in [0.15, 0.2) is 15.9 Å². The van der Waals surface area contributed by atoms with Gasteiger partial charge in [0, 0.05) is 18.4 Å². The molecule has 0 saturated carbocycles. The van der Waals surface area contributed by atoms with E-state index in [1.54, 1.807) is 0 Å². The lowest BCUT2D eigenvalue weighted by molar-refractivity contribution is -0.917. The monoisotopic (exact) mass is 353 g/mol. The number of likely N-dealkylation sites (N-methyl/N-ethyl adjacent to an activating group) is 1. The molecule has 1 heterocycles. The van der Waals surface area contributed by atoms with Crippen molar-refractivity contribution in [3.8, 4) is 0 Å². The van der Waals surface area contributed by atoms with Gasteiger partial charge in [0.1, 0.15) is 13.1 Å². The highest BCUT2D eigenvalue weighted by atomic mass is 32.2. The number of hydrogen-bond donors (Lipinski definition) is 0. The van der Waals surface area contributed by atoms with Crippen molar-refractivity contribution in [2.75, 3.05) is 20.1 Å². The van der Waals surface area contributed by atoms with Crippen molar-refractivity contribution in [1.29, 1.82) is 0 Å². The highest BCUT2D eigenvalue weighted by Crippen LogP contribution is 2.20. The van der Waals surface area contributed by atoms with Gasteiger partial charge < -0.3 is 9.04 Å². The van der Waals surface area contributed by atoms with Crippen LogP contribution >= 0.6 is 0 Å². The van der Waals surface area contributed by atoms with E-state index in [0.29, 0.717) is 12.3 Å². The van der Waals surface area contributed by atoms with E-state index in [1.165, 1.54) is 5.56 Å². The zero-order valence-corrected chi connectivity index (χ0v) is 13.4. The molecule has 5 nitrogen and oxygen atoms in total. The second-order valence-electron chi connectivity index (χ2n) is 5.69. The summed E-state index contributed by atoms with van der Waals surface area (Å²) in [6.07, 6.45) is 1.82. The van der Waals surface area contributed by atoms with Gasteiger partial charge in [-0.05, 0) is 0 Å². The number of rotatable bonds is 2. The molecule has 1 aliphatic heterocycles. The van der Waals surface area contributed by atoms with E-state index in [2.05, 4.69) is 31.3 Å². The summed E-state index contributed by atoms with van der Waals surface area (Å²) < 4.78 is 59.8. The van der Waals surface area contributed by atoms with Gasteiger partial charge >= 0.3 is 5.51 Å². The molecule has 0 spiro atoms. The molecule has 1 fully saturated rings. The second kappa shape index (κ2) is 7.41. The normalized spacial score (nSPS) is 22.2. The quantitative estimate of drug-likeness (QED) is 0.463. The summed E-state index contributed by atoms with van der Waals surface area (Å²) in [5.41, 5.74) is -4.32. The van der Waals surface area contributed by atoms with Crippen LogP contribution in [0.4, 0.5) is 13.2 Å². The Morgan fingerprint density at radius 2 is 1.74 bits per heavy atom. The number of halogens is 3. The molecule has 1 unspecified atom stereocenters. The molecule has 1 aromatic rings. The van der Waals surface area contributed by atoms with Crippen LogP contribution in [0.25, 0.3) is 0 Å². The van der Waals surface area contributed by atoms with E-state index >= 15 is 0 Å². The summed E-state index contributed by atoms with van der Waals surface area (Å²) in [4.78, 5) is 11.5. The van der Waals surface area contributed by atoms with Crippen LogP contribution in [0.5, 0.6) is 0 Å². The van der Waals surface area contributed by atoms with E-state index in [1.807, 2.05) is 6.07 Å². The Bertz CT molecular complexity index is 631. The first-order valence-corrected chi connectivity index (χ1v) is 8.25. The van der Waals surface area contributed by atoms with Crippen molar-refractivity contribution in [1.82, 2.24) is 0 Å². The van der Waals surface area contributed by atoms with Gasteiger partial charge in [-0.25, -0.2) is 8.42 Å². The first kappa shape index (κ1) is 19.6. The van der Waals surface area contributed by atoms with Gasteiger partial charge in [-0.2, -0.15) is 13.2 Å². The standard InChI is InChI=1S/C13H18NO.CHF3O3S/c1-14(9-5-8-13(15)11-14)10-12-6-3-2-4-7-12;2-1(3,4)8(5,6)7/h2-4,6-7H,5,8-11H2,1H3;(H,5,6,7)/q+1;/p-1. The topological polar surface area (TPSA) is 74.3 Å². The average molecular weight is 353 g/mol. The number of benzene rings is 1. The fourth-order valence-electron chi connectivity index (χ4n) is 2.40. The van der Waals surface area contributed by atoms with E-state index in [-0.39, 0.29) is 0 Å². The Balaban J connectivity index is 0.000000284. The van der Waals surface area contributed by atoms with Gasteiger partial charge in [-0.3, -0.25) is 4.79 Å². The lowest BCUT2D eigenvalue weighted by atomic mass is 10.1. The molecule has 23 heavy (non-hydrogen) atoms. The number of likely N-dealkylation sites (tertiary alicyclic amines) is 1. The smallest absolute Gasteiger partial charge is 0.485 e. The Labute approximate surface area is 133 Å². The first-order valence-electron chi connectivity index (χ1n) is 6.84. The number of hydrogen-bond acceptors (Lipinski definition) is 4. The SMILES string of the molecule is C[N+]1(Cc2ccccc2)CCCC(=O)C1.O=S(=O)([O-])C(F)(F)F. The summed E-state index contributed by atoms with van der Waals surface area (Å²) in [6, 6.07) is 10.4. The number of piperidine rings is 1. The number of alkyl halides is 3. The van der Waals surface area contributed by atoms with Gasteiger partial charge in [-0.1, -0.05) is 30.3 Å². The Hall–Kier alpha value is -1.45. The van der Waals surface area contributed by atoms with Crippen molar-refractivity contribution < 1.29 is 35.4 Å². The van der Waals surface area contributed by atoms with Crippen molar-refractivity contribution >= 4 is 15.9 Å². The van der Waals surface area contributed by atoms with Crippen LogP contribution in [0, 0.1) is 0 Å².